The van der Waals surface area contributed by atoms with E-state index in [0.717, 1.165) is 19.3 Å². The van der Waals surface area contributed by atoms with E-state index in [1.54, 1.807) is 0 Å². The maximum absolute atomic E-state index is 6.64. The maximum Gasteiger partial charge on any atom is 0.0658 e. The van der Waals surface area contributed by atoms with Gasteiger partial charge in [0.05, 0.1) is 5.69 Å². The van der Waals surface area contributed by atoms with E-state index in [4.69, 9.17) is 5.73 Å². The zero-order valence-electron chi connectivity index (χ0n) is 11.0. The number of rotatable bonds is 1. The number of benzene rings is 1. The molecule has 1 aliphatic carbocycles. The van der Waals surface area contributed by atoms with Crippen molar-refractivity contribution in [3.05, 3.63) is 52.8 Å². The monoisotopic (exact) mass is 241 g/mol. The summed E-state index contributed by atoms with van der Waals surface area (Å²) < 4.78 is 1.90. The van der Waals surface area contributed by atoms with Crippen molar-refractivity contribution in [2.75, 3.05) is 0 Å². The summed E-state index contributed by atoms with van der Waals surface area (Å²) in [5, 5.41) is 4.49. The van der Waals surface area contributed by atoms with Gasteiger partial charge >= 0.3 is 0 Å². The SMILES string of the molecule is Cc1cccc(C2(N)CCc3nn(C)cc3C2)c1. The highest BCUT2D eigenvalue weighted by molar-refractivity contribution is 5.34. The van der Waals surface area contributed by atoms with E-state index in [1.165, 1.54) is 22.4 Å². The molecule has 0 aliphatic heterocycles. The molecule has 0 saturated carbocycles. The smallest absolute Gasteiger partial charge is 0.0658 e. The fraction of sp³-hybridized carbons (Fsp3) is 0.400. The van der Waals surface area contributed by atoms with Crippen LogP contribution in [0, 0.1) is 6.92 Å². The van der Waals surface area contributed by atoms with Crippen molar-refractivity contribution in [1.82, 2.24) is 9.78 Å². The minimum Gasteiger partial charge on any atom is -0.321 e. The second-order valence-corrected chi connectivity index (χ2v) is 5.48. The number of nitrogens with zero attached hydrogens (tertiary/aromatic N) is 2. The van der Waals surface area contributed by atoms with Gasteiger partial charge in [-0.1, -0.05) is 29.8 Å². The van der Waals surface area contributed by atoms with Gasteiger partial charge in [0.2, 0.25) is 0 Å². The third-order valence-electron chi connectivity index (χ3n) is 3.90. The Labute approximate surface area is 108 Å². The molecular formula is C15H19N3. The van der Waals surface area contributed by atoms with E-state index in [2.05, 4.69) is 42.5 Å². The van der Waals surface area contributed by atoms with Crippen molar-refractivity contribution in [2.24, 2.45) is 12.8 Å². The standard InChI is InChI=1S/C15H19N3/c1-11-4-3-5-13(8-11)15(16)7-6-14-12(9-15)10-18(2)17-14/h3-5,8,10H,6-7,9,16H2,1-2H3. The molecular weight excluding hydrogens is 222 g/mol. The van der Waals surface area contributed by atoms with E-state index >= 15 is 0 Å². The van der Waals surface area contributed by atoms with Crippen LogP contribution in [0.15, 0.2) is 30.5 Å². The summed E-state index contributed by atoms with van der Waals surface area (Å²) in [6.45, 7) is 2.12. The summed E-state index contributed by atoms with van der Waals surface area (Å²) in [6, 6.07) is 8.57. The second-order valence-electron chi connectivity index (χ2n) is 5.48. The largest absolute Gasteiger partial charge is 0.321 e. The van der Waals surface area contributed by atoms with Gasteiger partial charge in [0, 0.05) is 18.8 Å². The summed E-state index contributed by atoms with van der Waals surface area (Å²) in [7, 11) is 1.98. The predicted octanol–water partition coefficient (Wildman–Crippen LogP) is 2.07. The Balaban J connectivity index is 1.98. The minimum atomic E-state index is -0.234. The van der Waals surface area contributed by atoms with Gasteiger partial charge in [-0.3, -0.25) is 4.68 Å². The molecule has 0 fully saturated rings. The zero-order chi connectivity index (χ0) is 12.8. The van der Waals surface area contributed by atoms with E-state index in [-0.39, 0.29) is 5.54 Å². The van der Waals surface area contributed by atoms with Crippen LogP contribution in [0.4, 0.5) is 0 Å². The zero-order valence-corrected chi connectivity index (χ0v) is 11.0. The number of hydrogen-bond donors (Lipinski definition) is 1. The molecule has 94 valence electrons. The van der Waals surface area contributed by atoms with Crippen molar-refractivity contribution in [3.63, 3.8) is 0 Å². The molecule has 1 heterocycles. The van der Waals surface area contributed by atoms with Crippen LogP contribution < -0.4 is 5.73 Å². The summed E-state index contributed by atoms with van der Waals surface area (Å²) in [4.78, 5) is 0. The Bertz CT molecular complexity index is 585. The van der Waals surface area contributed by atoms with Crippen LogP contribution >= 0.6 is 0 Å². The van der Waals surface area contributed by atoms with Crippen molar-refractivity contribution in [2.45, 2.75) is 31.7 Å². The molecule has 2 N–H and O–H groups in total. The fourth-order valence-corrected chi connectivity index (χ4v) is 2.91. The lowest BCUT2D eigenvalue weighted by Crippen LogP contribution is -2.42. The first-order chi connectivity index (χ1) is 8.57. The summed E-state index contributed by atoms with van der Waals surface area (Å²) >= 11 is 0. The molecule has 1 unspecified atom stereocenters. The summed E-state index contributed by atoms with van der Waals surface area (Å²) in [5.41, 5.74) is 11.4. The molecule has 3 nitrogen and oxygen atoms in total. The molecule has 1 aromatic carbocycles. The molecule has 0 radical (unpaired) electrons. The Morgan fingerprint density at radius 2 is 2.22 bits per heavy atom. The number of fused-ring (bicyclic) bond motifs is 1. The van der Waals surface area contributed by atoms with Crippen LogP contribution in [0.3, 0.4) is 0 Å². The molecule has 1 aliphatic rings. The van der Waals surface area contributed by atoms with Gasteiger partial charge in [-0.15, -0.1) is 0 Å². The van der Waals surface area contributed by atoms with Gasteiger partial charge in [0.15, 0.2) is 0 Å². The van der Waals surface area contributed by atoms with E-state index < -0.39 is 0 Å². The van der Waals surface area contributed by atoms with Crippen LogP contribution in [0.25, 0.3) is 0 Å². The van der Waals surface area contributed by atoms with Gasteiger partial charge < -0.3 is 5.73 Å². The van der Waals surface area contributed by atoms with Crippen LogP contribution in [0.2, 0.25) is 0 Å². The van der Waals surface area contributed by atoms with Crippen molar-refractivity contribution >= 4 is 0 Å². The molecule has 0 saturated heterocycles. The summed E-state index contributed by atoms with van der Waals surface area (Å²) in [5.74, 6) is 0. The topological polar surface area (TPSA) is 43.8 Å². The normalized spacial score (nSPS) is 22.8. The lowest BCUT2D eigenvalue weighted by atomic mass is 9.76. The van der Waals surface area contributed by atoms with Crippen LogP contribution in [0.1, 0.15) is 28.8 Å². The molecule has 3 rings (SSSR count). The highest BCUT2D eigenvalue weighted by Gasteiger charge is 2.33. The van der Waals surface area contributed by atoms with Gasteiger partial charge in [-0.05, 0) is 37.3 Å². The van der Waals surface area contributed by atoms with Crippen LogP contribution in [-0.4, -0.2) is 9.78 Å². The number of aromatic nitrogens is 2. The van der Waals surface area contributed by atoms with Gasteiger partial charge in [0.1, 0.15) is 0 Å². The second kappa shape index (κ2) is 3.95. The summed E-state index contributed by atoms with van der Waals surface area (Å²) in [6.07, 6.45) is 4.94. The fourth-order valence-electron chi connectivity index (χ4n) is 2.91. The predicted molar refractivity (Wildman–Crippen MR) is 72.3 cm³/mol. The van der Waals surface area contributed by atoms with E-state index in [9.17, 15) is 0 Å². The Morgan fingerprint density at radius 1 is 1.39 bits per heavy atom. The number of hydrogen-bond acceptors (Lipinski definition) is 2. The Hall–Kier alpha value is -1.61. The minimum absolute atomic E-state index is 0.234. The lowest BCUT2D eigenvalue weighted by Gasteiger charge is -2.33. The van der Waals surface area contributed by atoms with Crippen molar-refractivity contribution in [1.29, 1.82) is 0 Å². The highest BCUT2D eigenvalue weighted by atomic mass is 15.3. The first-order valence-electron chi connectivity index (χ1n) is 6.44. The average molecular weight is 241 g/mol. The molecule has 0 spiro atoms. The first-order valence-corrected chi connectivity index (χ1v) is 6.44. The molecule has 3 heteroatoms. The van der Waals surface area contributed by atoms with Crippen molar-refractivity contribution < 1.29 is 0 Å². The Kier molecular flexibility index (Phi) is 2.52. The first kappa shape index (κ1) is 11.5. The maximum atomic E-state index is 6.64. The molecule has 1 aromatic heterocycles. The number of aryl methyl sites for hydroxylation is 3. The highest BCUT2D eigenvalue weighted by Crippen LogP contribution is 2.34. The third kappa shape index (κ3) is 1.85. The van der Waals surface area contributed by atoms with Crippen LogP contribution in [0.5, 0.6) is 0 Å². The number of nitrogens with two attached hydrogens (primary N) is 1. The van der Waals surface area contributed by atoms with Crippen LogP contribution in [-0.2, 0) is 25.4 Å². The van der Waals surface area contributed by atoms with E-state index in [0.29, 0.717) is 0 Å². The molecule has 1 atom stereocenters. The van der Waals surface area contributed by atoms with Gasteiger partial charge in [-0.2, -0.15) is 5.10 Å². The molecule has 0 bridgehead atoms. The third-order valence-corrected chi connectivity index (χ3v) is 3.90. The van der Waals surface area contributed by atoms with Gasteiger partial charge in [0.25, 0.3) is 0 Å². The Morgan fingerprint density at radius 3 is 3.00 bits per heavy atom. The van der Waals surface area contributed by atoms with Crippen molar-refractivity contribution in [3.8, 4) is 0 Å². The quantitative estimate of drug-likeness (QED) is 0.830. The molecule has 18 heavy (non-hydrogen) atoms. The van der Waals surface area contributed by atoms with E-state index in [1.807, 2.05) is 11.7 Å². The van der Waals surface area contributed by atoms with Gasteiger partial charge in [-0.25, -0.2) is 0 Å². The average Bonchev–Trinajstić information content (AvgIpc) is 2.68. The molecule has 2 aromatic rings. The lowest BCUT2D eigenvalue weighted by molar-refractivity contribution is 0.383. The molecule has 0 amide bonds.